The first-order chi connectivity index (χ1) is 14.0. The molecule has 0 amide bonds. The summed E-state index contributed by atoms with van der Waals surface area (Å²) in [6, 6.07) is 9.17. The van der Waals surface area contributed by atoms with Gasteiger partial charge in [-0.3, -0.25) is 9.13 Å². The number of methoxy groups -OCH3 is 1. The summed E-state index contributed by atoms with van der Waals surface area (Å²) in [4.78, 5) is 17.8. The van der Waals surface area contributed by atoms with Crippen molar-refractivity contribution in [3.63, 3.8) is 0 Å². The van der Waals surface area contributed by atoms with Crippen molar-refractivity contribution in [3.05, 3.63) is 57.1 Å². The van der Waals surface area contributed by atoms with Crippen LogP contribution in [-0.4, -0.2) is 32.4 Å². The Bertz CT molecular complexity index is 1150. The van der Waals surface area contributed by atoms with Crippen molar-refractivity contribution in [3.8, 4) is 11.8 Å². The van der Waals surface area contributed by atoms with E-state index in [-0.39, 0.29) is 17.8 Å². The summed E-state index contributed by atoms with van der Waals surface area (Å²) in [6.07, 6.45) is 3.94. The van der Waals surface area contributed by atoms with Crippen LogP contribution in [0.3, 0.4) is 0 Å². The van der Waals surface area contributed by atoms with Crippen molar-refractivity contribution in [2.45, 2.75) is 44.4 Å². The van der Waals surface area contributed by atoms with Gasteiger partial charge in [-0.2, -0.15) is 5.26 Å². The van der Waals surface area contributed by atoms with Gasteiger partial charge >= 0.3 is 5.69 Å². The Morgan fingerprint density at radius 2 is 2.07 bits per heavy atom. The summed E-state index contributed by atoms with van der Waals surface area (Å²) in [5, 5.41) is 19.6. The predicted molar refractivity (Wildman–Crippen MR) is 109 cm³/mol. The highest BCUT2D eigenvalue weighted by Crippen LogP contribution is 2.30. The van der Waals surface area contributed by atoms with Crippen LogP contribution in [0.2, 0.25) is 5.02 Å². The summed E-state index contributed by atoms with van der Waals surface area (Å²) < 4.78 is 8.54. The predicted octanol–water partition coefficient (Wildman–Crippen LogP) is 3.26. The van der Waals surface area contributed by atoms with Crippen LogP contribution in [0, 0.1) is 11.3 Å². The van der Waals surface area contributed by atoms with Gasteiger partial charge in [0.2, 0.25) is 0 Å². The number of hydrogen-bond acceptors (Lipinski definition) is 5. The Balaban J connectivity index is 1.82. The van der Waals surface area contributed by atoms with E-state index in [0.717, 1.165) is 18.4 Å². The second-order valence-corrected chi connectivity index (χ2v) is 7.76. The van der Waals surface area contributed by atoms with Gasteiger partial charge in [0.05, 0.1) is 35.9 Å². The third-order valence-corrected chi connectivity index (χ3v) is 5.82. The number of aliphatic hydroxyl groups is 1. The van der Waals surface area contributed by atoms with Crippen LogP contribution in [0.4, 0.5) is 0 Å². The minimum absolute atomic E-state index is 0.0189. The topological polar surface area (TPSA) is 93.1 Å². The first kappa shape index (κ1) is 19.5. The molecule has 4 rings (SSSR count). The van der Waals surface area contributed by atoms with Gasteiger partial charge in [-0.15, -0.1) is 0 Å². The molecule has 0 spiro atoms. The van der Waals surface area contributed by atoms with Crippen molar-refractivity contribution in [2.24, 2.45) is 0 Å². The maximum absolute atomic E-state index is 13.4. The first-order valence-electron chi connectivity index (χ1n) is 9.53. The van der Waals surface area contributed by atoms with Crippen LogP contribution < -0.4 is 10.4 Å². The Labute approximate surface area is 172 Å². The molecule has 29 heavy (non-hydrogen) atoms. The smallest absolute Gasteiger partial charge is 0.330 e. The fourth-order valence-electron chi connectivity index (χ4n) is 4.00. The lowest BCUT2D eigenvalue weighted by molar-refractivity contribution is 0.110. The van der Waals surface area contributed by atoms with E-state index in [1.165, 1.54) is 6.20 Å². The molecular formula is C21H21ClN4O3. The number of benzene rings is 1. The van der Waals surface area contributed by atoms with Gasteiger partial charge in [0.1, 0.15) is 11.8 Å². The van der Waals surface area contributed by atoms with Crippen molar-refractivity contribution in [2.75, 3.05) is 7.11 Å². The molecule has 1 aliphatic rings. The number of hydrogen-bond donors (Lipinski definition) is 1. The lowest BCUT2D eigenvalue weighted by Gasteiger charge is -2.26. The molecular weight excluding hydrogens is 392 g/mol. The molecule has 1 N–H and O–H groups in total. The van der Waals surface area contributed by atoms with E-state index < -0.39 is 0 Å². The monoisotopic (exact) mass is 412 g/mol. The maximum atomic E-state index is 13.4. The van der Waals surface area contributed by atoms with Crippen LogP contribution in [-0.2, 0) is 6.54 Å². The lowest BCUT2D eigenvalue weighted by atomic mass is 9.93. The Hall–Kier alpha value is -2.82. The Kier molecular flexibility index (Phi) is 5.31. The number of aromatic nitrogens is 3. The summed E-state index contributed by atoms with van der Waals surface area (Å²) in [5.41, 5.74) is 2.26. The second-order valence-electron chi connectivity index (χ2n) is 7.35. The van der Waals surface area contributed by atoms with Gasteiger partial charge in [-0.1, -0.05) is 17.7 Å². The van der Waals surface area contributed by atoms with Gasteiger partial charge < -0.3 is 9.84 Å². The van der Waals surface area contributed by atoms with Gasteiger partial charge in [0.25, 0.3) is 0 Å². The molecule has 1 fully saturated rings. The SMILES string of the molecule is COc1ccc(Cn2c(=O)n(C3CCC(O)CC3)c3ncc(C#N)cc32)cc1Cl. The minimum Gasteiger partial charge on any atom is -0.495 e. The highest BCUT2D eigenvalue weighted by atomic mass is 35.5. The van der Waals surface area contributed by atoms with E-state index in [9.17, 15) is 15.2 Å². The van der Waals surface area contributed by atoms with Crippen LogP contribution in [0.5, 0.6) is 5.75 Å². The molecule has 0 aliphatic heterocycles. The molecule has 1 aliphatic carbocycles. The fourth-order valence-corrected chi connectivity index (χ4v) is 4.28. The number of aliphatic hydroxyl groups excluding tert-OH is 1. The number of ether oxygens (including phenoxy) is 1. The molecule has 2 aromatic heterocycles. The largest absolute Gasteiger partial charge is 0.495 e. The van der Waals surface area contributed by atoms with Crippen LogP contribution >= 0.6 is 11.6 Å². The molecule has 150 valence electrons. The summed E-state index contributed by atoms with van der Waals surface area (Å²) >= 11 is 6.25. The first-order valence-corrected chi connectivity index (χ1v) is 9.91. The van der Waals surface area contributed by atoms with E-state index in [4.69, 9.17) is 16.3 Å². The summed E-state index contributed by atoms with van der Waals surface area (Å²) in [7, 11) is 1.55. The van der Waals surface area contributed by atoms with Crippen molar-refractivity contribution in [1.82, 2.24) is 14.1 Å². The van der Waals surface area contributed by atoms with Gasteiger partial charge in [-0.25, -0.2) is 9.78 Å². The standard InChI is InChI=1S/C21H21ClN4O3/c1-29-19-7-2-13(8-17(19)22)12-25-18-9-14(10-23)11-24-20(18)26(21(25)28)15-3-5-16(27)6-4-15/h2,7-9,11,15-16,27H,3-6,12H2,1H3. The van der Waals surface area contributed by atoms with Gasteiger partial charge in [0.15, 0.2) is 5.65 Å². The Morgan fingerprint density at radius 3 is 2.72 bits per heavy atom. The number of fused-ring (bicyclic) bond motifs is 1. The zero-order valence-corrected chi connectivity index (χ0v) is 16.8. The van der Waals surface area contributed by atoms with E-state index in [1.807, 2.05) is 6.07 Å². The van der Waals surface area contributed by atoms with E-state index in [1.54, 1.807) is 34.4 Å². The van der Waals surface area contributed by atoms with Crippen molar-refractivity contribution >= 4 is 22.8 Å². The third-order valence-electron chi connectivity index (χ3n) is 5.52. The van der Waals surface area contributed by atoms with Crippen molar-refractivity contribution in [1.29, 1.82) is 5.26 Å². The van der Waals surface area contributed by atoms with E-state index >= 15 is 0 Å². The molecule has 3 aromatic rings. The number of nitrogens with zero attached hydrogens (tertiary/aromatic N) is 4. The molecule has 0 radical (unpaired) electrons. The van der Waals surface area contributed by atoms with Crippen LogP contribution in [0.15, 0.2) is 35.3 Å². The summed E-state index contributed by atoms with van der Waals surface area (Å²) in [5.74, 6) is 0.569. The zero-order chi connectivity index (χ0) is 20.5. The fraction of sp³-hybridized carbons (Fsp3) is 0.381. The normalized spacial score (nSPS) is 19.2. The van der Waals surface area contributed by atoms with Crippen molar-refractivity contribution < 1.29 is 9.84 Å². The molecule has 1 saturated carbocycles. The average Bonchev–Trinajstić information content (AvgIpc) is 3.00. The maximum Gasteiger partial charge on any atom is 0.330 e. The molecule has 0 bridgehead atoms. The highest BCUT2D eigenvalue weighted by Gasteiger charge is 2.26. The number of rotatable bonds is 4. The Morgan fingerprint density at radius 1 is 1.31 bits per heavy atom. The minimum atomic E-state index is -0.310. The highest BCUT2D eigenvalue weighted by molar-refractivity contribution is 6.32. The molecule has 0 saturated heterocycles. The lowest BCUT2D eigenvalue weighted by Crippen LogP contribution is -2.31. The number of halogens is 1. The van der Waals surface area contributed by atoms with E-state index in [0.29, 0.717) is 46.9 Å². The van der Waals surface area contributed by atoms with Gasteiger partial charge in [0, 0.05) is 12.2 Å². The average molecular weight is 413 g/mol. The quantitative estimate of drug-likeness (QED) is 0.709. The summed E-state index contributed by atoms with van der Waals surface area (Å²) in [6.45, 7) is 0.304. The molecule has 0 atom stereocenters. The van der Waals surface area contributed by atoms with Crippen LogP contribution in [0.25, 0.3) is 11.2 Å². The van der Waals surface area contributed by atoms with E-state index in [2.05, 4.69) is 11.1 Å². The molecule has 8 heteroatoms. The number of nitriles is 1. The number of pyridine rings is 1. The number of imidazole rings is 1. The zero-order valence-electron chi connectivity index (χ0n) is 16.0. The molecule has 0 unspecified atom stereocenters. The van der Waals surface area contributed by atoms with Crippen LogP contribution in [0.1, 0.15) is 42.9 Å². The third kappa shape index (κ3) is 3.61. The molecule has 7 nitrogen and oxygen atoms in total. The van der Waals surface area contributed by atoms with Gasteiger partial charge in [-0.05, 0) is 49.4 Å². The molecule has 1 aromatic carbocycles. The molecule has 2 heterocycles. The second kappa shape index (κ2) is 7.90.